The molecule has 0 radical (unpaired) electrons. The first-order chi connectivity index (χ1) is 15.4. The van der Waals surface area contributed by atoms with Gasteiger partial charge in [0.25, 0.3) is 5.91 Å². The number of carbonyl (C=O) groups is 1. The van der Waals surface area contributed by atoms with Crippen LogP contribution in [0.25, 0.3) is 0 Å². The monoisotopic (exact) mass is 472 g/mol. The molecule has 2 heterocycles. The zero-order valence-corrected chi connectivity index (χ0v) is 19.1. The molecule has 32 heavy (non-hydrogen) atoms. The molecule has 1 aliphatic rings. The maximum atomic E-state index is 13.0. The third-order valence-corrected chi connectivity index (χ3v) is 7.81. The minimum atomic E-state index is -3.65. The van der Waals surface area contributed by atoms with E-state index >= 15 is 0 Å². The van der Waals surface area contributed by atoms with Crippen molar-refractivity contribution in [1.82, 2.24) is 19.4 Å². The number of hydrogen-bond donors (Lipinski definition) is 1. The van der Waals surface area contributed by atoms with Crippen molar-refractivity contribution < 1.29 is 13.2 Å². The van der Waals surface area contributed by atoms with Crippen LogP contribution in [-0.2, 0) is 23.1 Å². The van der Waals surface area contributed by atoms with E-state index in [9.17, 15) is 13.2 Å². The van der Waals surface area contributed by atoms with Gasteiger partial charge in [-0.3, -0.25) is 9.48 Å². The van der Waals surface area contributed by atoms with E-state index in [1.54, 1.807) is 6.20 Å². The fourth-order valence-corrected chi connectivity index (χ4v) is 5.56. The summed E-state index contributed by atoms with van der Waals surface area (Å²) in [5.41, 5.74) is 2.13. The van der Waals surface area contributed by atoms with E-state index in [2.05, 4.69) is 10.4 Å². The number of sulfonamides is 1. The standard InChI is InChI=1S/C23H25ClN4O3S/c24-22-10-9-20(32(30,31)28-13-4-1-5-14-28)15-21(22)23(29)25-16-18-7-2-3-8-19(18)17-27-12-6-11-26-27/h2-3,6-12,15H,1,4-5,13-14,16-17H2,(H,25,29). The predicted molar refractivity (Wildman–Crippen MR) is 123 cm³/mol. The van der Waals surface area contributed by atoms with Crippen LogP contribution in [0.4, 0.5) is 0 Å². The van der Waals surface area contributed by atoms with Gasteiger partial charge < -0.3 is 5.32 Å². The molecule has 1 saturated heterocycles. The molecule has 0 atom stereocenters. The van der Waals surface area contributed by atoms with Crippen molar-refractivity contribution in [3.05, 3.63) is 82.6 Å². The number of hydrogen-bond acceptors (Lipinski definition) is 4. The number of piperidine rings is 1. The normalized spacial score (nSPS) is 14.9. The van der Waals surface area contributed by atoms with Gasteiger partial charge in [0.05, 0.1) is 22.0 Å². The second kappa shape index (κ2) is 9.85. The molecular weight excluding hydrogens is 448 g/mol. The molecule has 1 aromatic heterocycles. The number of nitrogens with zero attached hydrogens (tertiary/aromatic N) is 3. The lowest BCUT2D eigenvalue weighted by Gasteiger charge is -2.26. The molecule has 0 aliphatic carbocycles. The minimum absolute atomic E-state index is 0.0908. The largest absolute Gasteiger partial charge is 0.348 e. The molecule has 1 N–H and O–H groups in total. The summed E-state index contributed by atoms with van der Waals surface area (Å²) < 4.78 is 29.3. The Morgan fingerprint density at radius 3 is 2.50 bits per heavy atom. The van der Waals surface area contributed by atoms with E-state index in [1.165, 1.54) is 22.5 Å². The maximum absolute atomic E-state index is 13.0. The molecule has 1 fully saturated rings. The Labute approximate surface area is 193 Å². The van der Waals surface area contributed by atoms with Gasteiger partial charge in [0, 0.05) is 32.0 Å². The van der Waals surface area contributed by atoms with Crippen LogP contribution < -0.4 is 5.32 Å². The molecule has 0 bridgehead atoms. The highest BCUT2D eigenvalue weighted by molar-refractivity contribution is 7.89. The molecule has 3 aromatic rings. The lowest BCUT2D eigenvalue weighted by molar-refractivity contribution is 0.0950. The fourth-order valence-electron chi connectivity index (χ4n) is 3.82. The average molecular weight is 473 g/mol. The lowest BCUT2D eigenvalue weighted by Crippen LogP contribution is -2.35. The number of carbonyl (C=O) groups excluding carboxylic acids is 1. The van der Waals surface area contributed by atoms with Gasteiger partial charge in [-0.2, -0.15) is 9.40 Å². The molecule has 7 nitrogen and oxygen atoms in total. The predicted octanol–water partition coefficient (Wildman–Crippen LogP) is 3.69. The van der Waals surface area contributed by atoms with Gasteiger partial charge in [0.15, 0.2) is 0 Å². The molecule has 9 heteroatoms. The van der Waals surface area contributed by atoms with Crippen molar-refractivity contribution in [2.45, 2.75) is 37.2 Å². The first-order valence-corrected chi connectivity index (χ1v) is 12.4. The zero-order chi connectivity index (χ0) is 22.6. The van der Waals surface area contributed by atoms with Crippen LogP contribution in [-0.4, -0.2) is 41.5 Å². The van der Waals surface area contributed by atoms with Crippen LogP contribution in [0.1, 0.15) is 40.7 Å². The summed E-state index contributed by atoms with van der Waals surface area (Å²) in [6, 6.07) is 13.9. The van der Waals surface area contributed by atoms with E-state index in [0.717, 1.165) is 30.4 Å². The molecule has 0 spiro atoms. The van der Waals surface area contributed by atoms with Crippen LogP contribution in [0.15, 0.2) is 65.8 Å². The Morgan fingerprint density at radius 2 is 1.78 bits per heavy atom. The summed E-state index contributed by atoms with van der Waals surface area (Å²) in [6.07, 6.45) is 6.32. The average Bonchev–Trinajstić information content (AvgIpc) is 3.32. The maximum Gasteiger partial charge on any atom is 0.253 e. The van der Waals surface area contributed by atoms with Crippen molar-refractivity contribution in [1.29, 1.82) is 0 Å². The Kier molecular flexibility index (Phi) is 6.93. The van der Waals surface area contributed by atoms with E-state index in [-0.39, 0.29) is 22.0 Å². The molecule has 1 aliphatic heterocycles. The topological polar surface area (TPSA) is 84.3 Å². The Bertz CT molecular complexity index is 1190. The van der Waals surface area contributed by atoms with Gasteiger partial charge in [0.2, 0.25) is 10.0 Å². The van der Waals surface area contributed by atoms with E-state index in [0.29, 0.717) is 19.6 Å². The number of nitrogens with one attached hydrogen (secondary N) is 1. The van der Waals surface area contributed by atoms with Crippen LogP contribution in [0.3, 0.4) is 0 Å². The van der Waals surface area contributed by atoms with Gasteiger partial charge in [-0.1, -0.05) is 42.3 Å². The van der Waals surface area contributed by atoms with Crippen molar-refractivity contribution in [3.63, 3.8) is 0 Å². The number of amides is 1. The molecule has 2 aromatic carbocycles. The third-order valence-electron chi connectivity index (χ3n) is 5.58. The highest BCUT2D eigenvalue weighted by Gasteiger charge is 2.27. The van der Waals surface area contributed by atoms with Crippen LogP contribution in [0.5, 0.6) is 0 Å². The number of halogens is 1. The van der Waals surface area contributed by atoms with E-state index < -0.39 is 15.9 Å². The molecule has 4 rings (SSSR count). The fraction of sp³-hybridized carbons (Fsp3) is 0.304. The molecule has 168 valence electrons. The van der Waals surface area contributed by atoms with Gasteiger partial charge in [-0.15, -0.1) is 0 Å². The summed E-state index contributed by atoms with van der Waals surface area (Å²) in [5, 5.41) is 7.31. The number of benzene rings is 2. The number of rotatable bonds is 7. The highest BCUT2D eigenvalue weighted by Crippen LogP contribution is 2.25. The SMILES string of the molecule is O=C(NCc1ccccc1Cn1cccn1)c1cc(S(=O)(=O)N2CCCCC2)ccc1Cl. The van der Waals surface area contributed by atoms with Crippen molar-refractivity contribution in [2.24, 2.45) is 0 Å². The van der Waals surface area contributed by atoms with Gasteiger partial charge in [-0.05, 0) is 48.2 Å². The lowest BCUT2D eigenvalue weighted by atomic mass is 10.1. The quantitative estimate of drug-likeness (QED) is 0.568. The Morgan fingerprint density at radius 1 is 1.03 bits per heavy atom. The first-order valence-electron chi connectivity index (χ1n) is 10.6. The van der Waals surface area contributed by atoms with Crippen LogP contribution in [0, 0.1) is 0 Å². The first kappa shape index (κ1) is 22.5. The second-order valence-corrected chi connectivity index (χ2v) is 10.1. The number of aromatic nitrogens is 2. The summed E-state index contributed by atoms with van der Waals surface area (Å²) in [6.45, 7) is 1.87. The van der Waals surface area contributed by atoms with Crippen LogP contribution in [0.2, 0.25) is 5.02 Å². The summed E-state index contributed by atoms with van der Waals surface area (Å²) in [5.74, 6) is -0.417. The summed E-state index contributed by atoms with van der Waals surface area (Å²) in [7, 11) is -3.65. The van der Waals surface area contributed by atoms with Crippen LogP contribution >= 0.6 is 11.6 Å². The Balaban J connectivity index is 1.50. The second-order valence-electron chi connectivity index (χ2n) is 7.76. The highest BCUT2D eigenvalue weighted by atomic mass is 35.5. The van der Waals surface area contributed by atoms with Crippen molar-refractivity contribution in [2.75, 3.05) is 13.1 Å². The molecule has 1 amide bonds. The minimum Gasteiger partial charge on any atom is -0.348 e. The molecule has 0 saturated carbocycles. The summed E-state index contributed by atoms with van der Waals surface area (Å²) >= 11 is 6.25. The smallest absolute Gasteiger partial charge is 0.253 e. The van der Waals surface area contributed by atoms with Gasteiger partial charge in [-0.25, -0.2) is 8.42 Å². The van der Waals surface area contributed by atoms with Crippen molar-refractivity contribution in [3.8, 4) is 0 Å². The molecular formula is C23H25ClN4O3S. The summed E-state index contributed by atoms with van der Waals surface area (Å²) in [4.78, 5) is 13.0. The van der Waals surface area contributed by atoms with Gasteiger partial charge >= 0.3 is 0 Å². The molecule has 0 unspecified atom stereocenters. The van der Waals surface area contributed by atoms with E-state index in [4.69, 9.17) is 11.6 Å². The van der Waals surface area contributed by atoms with Gasteiger partial charge in [0.1, 0.15) is 0 Å². The van der Waals surface area contributed by atoms with Crippen molar-refractivity contribution >= 4 is 27.5 Å². The zero-order valence-electron chi connectivity index (χ0n) is 17.6. The third kappa shape index (κ3) is 5.03. The Hall–Kier alpha value is -2.68. The van der Waals surface area contributed by atoms with E-state index in [1.807, 2.05) is 41.2 Å².